The molecule has 1 saturated heterocycles. The predicted molar refractivity (Wildman–Crippen MR) is 81.0 cm³/mol. The van der Waals surface area contributed by atoms with Crippen LogP contribution in [0, 0.1) is 5.92 Å². The van der Waals surface area contributed by atoms with Crippen LogP contribution in [0.3, 0.4) is 0 Å². The van der Waals surface area contributed by atoms with Gasteiger partial charge in [-0.3, -0.25) is 4.79 Å². The Labute approximate surface area is 125 Å². The van der Waals surface area contributed by atoms with Crippen LogP contribution < -0.4 is 4.90 Å². The highest BCUT2D eigenvalue weighted by molar-refractivity contribution is 5.79. The summed E-state index contributed by atoms with van der Waals surface area (Å²) in [7, 11) is 0. The van der Waals surface area contributed by atoms with E-state index in [1.807, 2.05) is 17.0 Å². The third-order valence-electron chi connectivity index (χ3n) is 4.11. The lowest BCUT2D eigenvalue weighted by Gasteiger charge is -2.24. The van der Waals surface area contributed by atoms with Crippen LogP contribution in [0.15, 0.2) is 31.0 Å². The molecule has 21 heavy (non-hydrogen) atoms. The molecule has 0 bridgehead atoms. The summed E-state index contributed by atoms with van der Waals surface area (Å²) in [6.07, 6.45) is 4.52. The molecule has 2 aliphatic heterocycles. The van der Waals surface area contributed by atoms with E-state index in [0.717, 1.165) is 37.4 Å². The van der Waals surface area contributed by atoms with Gasteiger partial charge < -0.3 is 14.5 Å². The maximum Gasteiger partial charge on any atom is 0.228 e. The summed E-state index contributed by atoms with van der Waals surface area (Å²) < 4.78 is 5.35. The second-order valence-electron chi connectivity index (χ2n) is 5.54. The molecule has 1 amide bonds. The molecular weight excluding hydrogens is 266 g/mol. The molecule has 3 rings (SSSR count). The molecule has 0 N–H and O–H groups in total. The zero-order valence-corrected chi connectivity index (χ0v) is 12.2. The summed E-state index contributed by atoms with van der Waals surface area (Å²) in [5.74, 6) is 1.20. The van der Waals surface area contributed by atoms with E-state index in [2.05, 4.69) is 22.5 Å². The molecule has 1 aromatic heterocycles. The lowest BCUT2D eigenvalue weighted by Crippen LogP contribution is -2.39. The highest BCUT2D eigenvalue weighted by Crippen LogP contribution is 2.24. The van der Waals surface area contributed by atoms with Crippen LogP contribution in [0.25, 0.3) is 0 Å². The van der Waals surface area contributed by atoms with Gasteiger partial charge in [-0.05, 0) is 12.5 Å². The van der Waals surface area contributed by atoms with E-state index in [4.69, 9.17) is 4.74 Å². The van der Waals surface area contributed by atoms with E-state index in [1.54, 1.807) is 6.20 Å². The highest BCUT2D eigenvalue weighted by atomic mass is 16.5. The number of anilines is 1. The van der Waals surface area contributed by atoms with Gasteiger partial charge in [0.25, 0.3) is 0 Å². The molecule has 0 aliphatic carbocycles. The summed E-state index contributed by atoms with van der Waals surface area (Å²) in [4.78, 5) is 21.2. The van der Waals surface area contributed by atoms with E-state index in [9.17, 15) is 4.79 Å². The molecule has 0 aromatic carbocycles. The second kappa shape index (κ2) is 6.26. The van der Waals surface area contributed by atoms with Crippen molar-refractivity contribution in [2.45, 2.75) is 13.0 Å². The van der Waals surface area contributed by atoms with E-state index in [1.165, 1.54) is 0 Å². The second-order valence-corrected chi connectivity index (χ2v) is 5.54. The third kappa shape index (κ3) is 2.93. The fourth-order valence-corrected chi connectivity index (χ4v) is 2.98. The average Bonchev–Trinajstić information content (AvgIpc) is 2.98. The topological polar surface area (TPSA) is 45.7 Å². The Balaban J connectivity index is 1.81. The summed E-state index contributed by atoms with van der Waals surface area (Å²) >= 11 is 0. The minimum atomic E-state index is 0.0241. The first-order valence-electron chi connectivity index (χ1n) is 7.46. The quantitative estimate of drug-likeness (QED) is 0.790. The monoisotopic (exact) mass is 287 g/mol. The summed E-state index contributed by atoms with van der Waals surface area (Å²) in [6.45, 7) is 7.96. The van der Waals surface area contributed by atoms with Gasteiger partial charge in [0, 0.05) is 44.5 Å². The zero-order valence-electron chi connectivity index (χ0n) is 12.2. The molecule has 3 heterocycles. The lowest BCUT2D eigenvalue weighted by molar-refractivity contribution is -0.135. The third-order valence-corrected chi connectivity index (χ3v) is 4.11. The first-order valence-corrected chi connectivity index (χ1v) is 7.46. The Hall–Kier alpha value is -1.88. The first kappa shape index (κ1) is 14.1. The number of pyridine rings is 1. The molecule has 0 unspecified atom stereocenters. The number of carbonyl (C=O) groups excluding carboxylic acids is 1. The minimum Gasteiger partial charge on any atom is -0.381 e. The van der Waals surface area contributed by atoms with Gasteiger partial charge in [0.1, 0.15) is 5.82 Å². The van der Waals surface area contributed by atoms with Crippen molar-refractivity contribution in [1.82, 2.24) is 9.88 Å². The van der Waals surface area contributed by atoms with Gasteiger partial charge in [0.2, 0.25) is 5.91 Å². The van der Waals surface area contributed by atoms with Crippen LogP contribution in [0.2, 0.25) is 0 Å². The van der Waals surface area contributed by atoms with Gasteiger partial charge in [0.15, 0.2) is 0 Å². The van der Waals surface area contributed by atoms with Crippen molar-refractivity contribution < 1.29 is 9.53 Å². The van der Waals surface area contributed by atoms with Crippen molar-refractivity contribution in [3.8, 4) is 0 Å². The molecule has 0 radical (unpaired) electrons. The molecule has 2 aliphatic rings. The van der Waals surface area contributed by atoms with Crippen molar-refractivity contribution in [1.29, 1.82) is 0 Å². The highest BCUT2D eigenvalue weighted by Gasteiger charge is 2.30. The Bertz CT molecular complexity index is 526. The Morgan fingerprint density at radius 3 is 3.19 bits per heavy atom. The molecule has 112 valence electrons. The molecule has 0 spiro atoms. The Morgan fingerprint density at radius 1 is 1.52 bits per heavy atom. The van der Waals surface area contributed by atoms with Crippen molar-refractivity contribution in [3.63, 3.8) is 0 Å². The summed E-state index contributed by atoms with van der Waals surface area (Å²) in [5.41, 5.74) is 1.10. The van der Waals surface area contributed by atoms with Crippen LogP contribution in [-0.2, 0) is 16.1 Å². The van der Waals surface area contributed by atoms with Crippen molar-refractivity contribution in [2.24, 2.45) is 5.92 Å². The molecule has 1 atom stereocenters. The van der Waals surface area contributed by atoms with E-state index >= 15 is 0 Å². The molecule has 5 heteroatoms. The number of hydrogen-bond acceptors (Lipinski definition) is 4. The molecule has 5 nitrogen and oxygen atoms in total. The largest absolute Gasteiger partial charge is 0.381 e. The van der Waals surface area contributed by atoms with Crippen LogP contribution in [0.4, 0.5) is 5.82 Å². The zero-order chi connectivity index (χ0) is 14.7. The maximum absolute atomic E-state index is 12.6. The van der Waals surface area contributed by atoms with Gasteiger partial charge in [-0.25, -0.2) is 4.98 Å². The number of amides is 1. The number of rotatable bonds is 3. The molecular formula is C16H21N3O2. The van der Waals surface area contributed by atoms with Gasteiger partial charge >= 0.3 is 0 Å². The number of nitrogens with zero attached hydrogens (tertiary/aromatic N) is 3. The Kier molecular flexibility index (Phi) is 4.20. The fourth-order valence-electron chi connectivity index (χ4n) is 2.98. The van der Waals surface area contributed by atoms with Gasteiger partial charge in [-0.15, -0.1) is 6.58 Å². The van der Waals surface area contributed by atoms with Crippen molar-refractivity contribution >= 4 is 11.7 Å². The normalized spacial score (nSPS) is 21.8. The number of hydrogen-bond donors (Lipinski definition) is 0. The molecule has 1 fully saturated rings. The number of fused-ring (bicyclic) bond motifs is 1. The minimum absolute atomic E-state index is 0.0241. The predicted octanol–water partition coefficient (Wildman–Crippen LogP) is 1.45. The number of carbonyl (C=O) groups is 1. The average molecular weight is 287 g/mol. The van der Waals surface area contributed by atoms with Crippen LogP contribution in [0.1, 0.15) is 12.0 Å². The smallest absolute Gasteiger partial charge is 0.228 e. The summed E-state index contributed by atoms with van der Waals surface area (Å²) in [6, 6.07) is 3.98. The van der Waals surface area contributed by atoms with E-state index in [-0.39, 0.29) is 11.8 Å². The SMILES string of the molecule is C=CCN1CCN(C(=O)[C@H]2CCOC2)Cc2cccnc21. The van der Waals surface area contributed by atoms with E-state index in [0.29, 0.717) is 19.8 Å². The number of aromatic nitrogens is 1. The van der Waals surface area contributed by atoms with Crippen LogP contribution in [0.5, 0.6) is 0 Å². The molecule has 1 aromatic rings. The summed E-state index contributed by atoms with van der Waals surface area (Å²) in [5, 5.41) is 0. The molecule has 0 saturated carbocycles. The fraction of sp³-hybridized carbons (Fsp3) is 0.500. The van der Waals surface area contributed by atoms with Crippen molar-refractivity contribution in [3.05, 3.63) is 36.5 Å². The lowest BCUT2D eigenvalue weighted by atomic mass is 10.1. The van der Waals surface area contributed by atoms with E-state index < -0.39 is 0 Å². The van der Waals surface area contributed by atoms with Crippen LogP contribution >= 0.6 is 0 Å². The Morgan fingerprint density at radius 2 is 2.43 bits per heavy atom. The van der Waals surface area contributed by atoms with Gasteiger partial charge in [-0.1, -0.05) is 12.1 Å². The van der Waals surface area contributed by atoms with Gasteiger partial charge in [0.05, 0.1) is 12.5 Å². The number of ether oxygens (including phenoxy) is 1. The van der Waals surface area contributed by atoms with Crippen LogP contribution in [-0.4, -0.2) is 48.6 Å². The van der Waals surface area contributed by atoms with Crippen molar-refractivity contribution in [2.75, 3.05) is 37.7 Å². The first-order chi connectivity index (χ1) is 10.3. The standard InChI is InChI=1S/C16H21N3O2/c1-2-7-18-8-9-19(16(20)14-5-10-21-12-14)11-13-4-3-6-17-15(13)18/h2-4,6,14H,1,5,7-12H2/t14-/m0/s1. The maximum atomic E-state index is 12.6. The van der Waals surface area contributed by atoms with Gasteiger partial charge in [-0.2, -0.15) is 0 Å².